The number of rotatable bonds is 7. The molecule has 2 rings (SSSR count). The molecule has 0 aromatic heterocycles. The third-order valence-corrected chi connectivity index (χ3v) is 3.82. The average Bonchev–Trinajstić information content (AvgIpc) is 3.18. The van der Waals surface area contributed by atoms with Gasteiger partial charge in [-0.2, -0.15) is 0 Å². The lowest BCUT2D eigenvalue weighted by atomic mass is 10.2. The molecule has 1 aliphatic rings. The van der Waals surface area contributed by atoms with Crippen LogP contribution in [0.15, 0.2) is 18.2 Å². The maximum atomic E-state index is 13.6. The third-order valence-electron chi connectivity index (χ3n) is 3.26. The van der Waals surface area contributed by atoms with Crippen molar-refractivity contribution in [1.29, 1.82) is 0 Å². The first kappa shape index (κ1) is 13.8. The highest BCUT2D eigenvalue weighted by atomic mass is 79.9. The van der Waals surface area contributed by atoms with Crippen LogP contribution in [0.1, 0.15) is 18.4 Å². The van der Waals surface area contributed by atoms with Gasteiger partial charge in [-0.25, -0.2) is 4.39 Å². The van der Waals surface area contributed by atoms with Crippen LogP contribution in [-0.2, 0) is 10.1 Å². The molecule has 2 nitrogen and oxygen atoms in total. The Kier molecular flexibility index (Phi) is 5.01. The smallest absolute Gasteiger partial charge is 0.129 e. The van der Waals surface area contributed by atoms with Crippen molar-refractivity contribution in [3.63, 3.8) is 0 Å². The molecule has 0 amide bonds. The minimum absolute atomic E-state index is 0.157. The Labute approximate surface area is 116 Å². The number of anilines is 1. The van der Waals surface area contributed by atoms with Gasteiger partial charge in [-0.05, 0) is 30.9 Å². The fraction of sp³-hybridized carbons (Fsp3) is 0.571. The van der Waals surface area contributed by atoms with Gasteiger partial charge in [-0.3, -0.25) is 0 Å². The summed E-state index contributed by atoms with van der Waals surface area (Å²) < 4.78 is 19.2. The number of hydrogen-bond acceptors (Lipinski definition) is 2. The molecule has 0 radical (unpaired) electrons. The Morgan fingerprint density at radius 2 is 2.22 bits per heavy atom. The zero-order valence-electron chi connectivity index (χ0n) is 10.7. The largest absolute Gasteiger partial charge is 0.379 e. The summed E-state index contributed by atoms with van der Waals surface area (Å²) in [5, 5.41) is 0.530. The summed E-state index contributed by atoms with van der Waals surface area (Å²) in [5.74, 6) is 0.637. The van der Waals surface area contributed by atoms with Gasteiger partial charge < -0.3 is 9.64 Å². The molecule has 1 saturated carbocycles. The van der Waals surface area contributed by atoms with E-state index in [4.69, 9.17) is 4.74 Å². The quantitative estimate of drug-likeness (QED) is 0.563. The molecular weight excluding hydrogens is 297 g/mol. The van der Waals surface area contributed by atoms with E-state index in [2.05, 4.69) is 15.9 Å². The van der Waals surface area contributed by atoms with E-state index in [1.54, 1.807) is 6.07 Å². The number of alkyl halides is 1. The molecule has 100 valence electrons. The second kappa shape index (κ2) is 6.53. The fourth-order valence-corrected chi connectivity index (χ4v) is 2.45. The van der Waals surface area contributed by atoms with Gasteiger partial charge in [0.15, 0.2) is 0 Å². The summed E-state index contributed by atoms with van der Waals surface area (Å²) in [4.78, 5) is 2.05. The number of nitrogens with zero attached hydrogens (tertiary/aromatic N) is 1. The molecule has 0 atom stereocenters. The van der Waals surface area contributed by atoms with Gasteiger partial charge in [0, 0.05) is 36.8 Å². The van der Waals surface area contributed by atoms with Crippen LogP contribution in [0.3, 0.4) is 0 Å². The van der Waals surface area contributed by atoms with Gasteiger partial charge >= 0.3 is 0 Å². The van der Waals surface area contributed by atoms with Crippen LogP contribution in [0.5, 0.6) is 0 Å². The first-order valence-electron chi connectivity index (χ1n) is 6.34. The van der Waals surface area contributed by atoms with Crippen molar-refractivity contribution in [3.05, 3.63) is 29.6 Å². The molecule has 0 heterocycles. The Morgan fingerprint density at radius 3 is 2.89 bits per heavy atom. The van der Waals surface area contributed by atoms with Crippen LogP contribution in [0.25, 0.3) is 0 Å². The second-order valence-corrected chi connectivity index (χ2v) is 5.37. The lowest BCUT2D eigenvalue weighted by Gasteiger charge is -2.22. The first-order valence-corrected chi connectivity index (χ1v) is 7.46. The molecule has 1 fully saturated rings. The van der Waals surface area contributed by atoms with E-state index in [0.717, 1.165) is 24.8 Å². The van der Waals surface area contributed by atoms with Crippen LogP contribution < -0.4 is 4.90 Å². The number of likely N-dealkylation sites (N-methyl/N-ethyl adjacent to an activating group) is 1. The molecule has 0 aliphatic heterocycles. The van der Waals surface area contributed by atoms with Gasteiger partial charge in [-0.1, -0.05) is 22.0 Å². The fourth-order valence-electron chi connectivity index (χ4n) is 1.89. The summed E-state index contributed by atoms with van der Waals surface area (Å²) in [7, 11) is 1.97. The Balaban J connectivity index is 1.86. The molecule has 0 N–H and O–H groups in total. The SMILES string of the molecule is CN(CCOCC1CC1)c1cccc(F)c1CBr. The second-order valence-electron chi connectivity index (χ2n) is 4.81. The van der Waals surface area contributed by atoms with Gasteiger partial charge in [0.25, 0.3) is 0 Å². The minimum Gasteiger partial charge on any atom is -0.379 e. The van der Waals surface area contributed by atoms with Crippen LogP contribution in [0.4, 0.5) is 10.1 Å². The van der Waals surface area contributed by atoms with Crippen molar-refractivity contribution in [2.45, 2.75) is 18.2 Å². The van der Waals surface area contributed by atoms with E-state index in [-0.39, 0.29) is 5.82 Å². The molecule has 0 unspecified atom stereocenters. The first-order chi connectivity index (χ1) is 8.72. The summed E-state index contributed by atoms with van der Waals surface area (Å²) in [6.07, 6.45) is 2.63. The van der Waals surface area contributed by atoms with E-state index in [1.165, 1.54) is 18.9 Å². The Morgan fingerprint density at radius 1 is 1.44 bits per heavy atom. The molecule has 0 bridgehead atoms. The molecular formula is C14H19BrFNO. The zero-order valence-corrected chi connectivity index (χ0v) is 12.2. The Hall–Kier alpha value is -0.610. The highest BCUT2D eigenvalue weighted by Gasteiger charge is 2.21. The van der Waals surface area contributed by atoms with Crippen molar-refractivity contribution >= 4 is 21.6 Å². The van der Waals surface area contributed by atoms with E-state index in [9.17, 15) is 4.39 Å². The number of benzene rings is 1. The third kappa shape index (κ3) is 3.69. The monoisotopic (exact) mass is 315 g/mol. The number of halogens is 2. The summed E-state index contributed by atoms with van der Waals surface area (Å²) in [6, 6.07) is 5.19. The molecule has 18 heavy (non-hydrogen) atoms. The van der Waals surface area contributed by atoms with Gasteiger partial charge in [-0.15, -0.1) is 0 Å². The van der Waals surface area contributed by atoms with Crippen molar-refractivity contribution in [1.82, 2.24) is 0 Å². The van der Waals surface area contributed by atoms with Crippen molar-refractivity contribution < 1.29 is 9.13 Å². The van der Waals surface area contributed by atoms with Gasteiger partial charge in [0.05, 0.1) is 6.61 Å². The van der Waals surface area contributed by atoms with Gasteiger partial charge in [0.2, 0.25) is 0 Å². The van der Waals surface area contributed by atoms with Crippen molar-refractivity contribution in [3.8, 4) is 0 Å². The molecule has 0 saturated heterocycles. The predicted molar refractivity (Wildman–Crippen MR) is 75.8 cm³/mol. The topological polar surface area (TPSA) is 12.5 Å². The predicted octanol–water partition coefficient (Wildman–Crippen LogP) is 3.58. The summed E-state index contributed by atoms with van der Waals surface area (Å²) in [5.41, 5.74) is 1.64. The van der Waals surface area contributed by atoms with E-state index < -0.39 is 0 Å². The van der Waals surface area contributed by atoms with E-state index >= 15 is 0 Å². The molecule has 4 heteroatoms. The maximum absolute atomic E-state index is 13.6. The number of hydrogen-bond donors (Lipinski definition) is 0. The van der Waals surface area contributed by atoms with Crippen LogP contribution in [-0.4, -0.2) is 26.8 Å². The number of ether oxygens (including phenoxy) is 1. The standard InChI is InChI=1S/C14H19BrFNO/c1-17(7-8-18-10-11-5-6-11)14-4-2-3-13(16)12(14)9-15/h2-4,11H,5-10H2,1H3. The van der Waals surface area contributed by atoms with Crippen LogP contribution >= 0.6 is 15.9 Å². The van der Waals surface area contributed by atoms with Crippen molar-refractivity contribution in [2.75, 3.05) is 31.7 Å². The van der Waals surface area contributed by atoms with E-state index in [0.29, 0.717) is 17.5 Å². The van der Waals surface area contributed by atoms with Crippen LogP contribution in [0.2, 0.25) is 0 Å². The summed E-state index contributed by atoms with van der Waals surface area (Å²) in [6.45, 7) is 2.36. The minimum atomic E-state index is -0.157. The van der Waals surface area contributed by atoms with Crippen molar-refractivity contribution in [2.24, 2.45) is 5.92 Å². The molecule has 1 aromatic carbocycles. The lowest BCUT2D eigenvalue weighted by molar-refractivity contribution is 0.131. The Bertz CT molecular complexity index is 395. The average molecular weight is 316 g/mol. The normalized spacial score (nSPS) is 14.8. The molecule has 0 spiro atoms. The molecule has 1 aliphatic carbocycles. The summed E-state index contributed by atoms with van der Waals surface area (Å²) >= 11 is 3.34. The zero-order chi connectivity index (χ0) is 13.0. The van der Waals surface area contributed by atoms with Crippen LogP contribution in [0, 0.1) is 11.7 Å². The molecule has 1 aromatic rings. The highest BCUT2D eigenvalue weighted by molar-refractivity contribution is 9.08. The highest BCUT2D eigenvalue weighted by Crippen LogP contribution is 2.29. The maximum Gasteiger partial charge on any atom is 0.129 e. The lowest BCUT2D eigenvalue weighted by Crippen LogP contribution is -2.24. The van der Waals surface area contributed by atoms with Gasteiger partial charge in [0.1, 0.15) is 5.82 Å². The van der Waals surface area contributed by atoms with E-state index in [1.807, 2.05) is 18.0 Å².